The molecule has 2 rings (SSSR count). The first-order chi connectivity index (χ1) is 11.2. The summed E-state index contributed by atoms with van der Waals surface area (Å²) in [6, 6.07) is 7.83. The molecule has 0 spiro atoms. The summed E-state index contributed by atoms with van der Waals surface area (Å²) < 4.78 is 30.3. The Morgan fingerprint density at radius 1 is 1.42 bits per heavy atom. The quantitative estimate of drug-likeness (QED) is 0.728. The Kier molecular flexibility index (Phi) is 5.97. The maximum atomic E-state index is 12.2. The third-order valence-electron chi connectivity index (χ3n) is 4.15. The van der Waals surface area contributed by atoms with Crippen LogP contribution in [0.2, 0.25) is 0 Å². The monoisotopic (exact) mass is 356 g/mol. The lowest BCUT2D eigenvalue weighted by molar-refractivity contribution is -0.157. The summed E-state index contributed by atoms with van der Waals surface area (Å²) in [5.74, 6) is -0.327. The lowest BCUT2D eigenvalue weighted by atomic mass is 9.91. The van der Waals surface area contributed by atoms with Crippen LogP contribution in [0, 0.1) is 6.92 Å². The Hall–Kier alpha value is -1.48. The summed E-state index contributed by atoms with van der Waals surface area (Å²) in [7, 11) is -3.42. The first kappa shape index (κ1) is 18.9. The first-order valence-corrected chi connectivity index (χ1v) is 9.66. The number of aliphatic hydroxyl groups is 1. The Labute approximate surface area is 142 Å². The number of aliphatic hydroxyl groups excluding tert-OH is 1. The van der Waals surface area contributed by atoms with E-state index in [-0.39, 0.29) is 25.6 Å². The summed E-state index contributed by atoms with van der Waals surface area (Å²) in [6.45, 7) is 2.39. The summed E-state index contributed by atoms with van der Waals surface area (Å²) >= 11 is 0. The fraction of sp³-hybridized carbons (Fsp3) is 0.562. The van der Waals surface area contributed by atoms with E-state index in [0.717, 1.165) is 17.4 Å². The number of carbonyl (C=O) groups excluding carboxylic acids is 1. The molecule has 1 aromatic rings. The molecule has 1 aromatic carbocycles. The maximum Gasteiger partial charge on any atom is 0.237 e. The van der Waals surface area contributed by atoms with Crippen molar-refractivity contribution in [2.45, 2.75) is 18.9 Å². The zero-order valence-electron chi connectivity index (χ0n) is 14.0. The number of ether oxygens (including phenoxy) is 1. The van der Waals surface area contributed by atoms with Crippen LogP contribution in [0.1, 0.15) is 11.1 Å². The molecule has 1 amide bonds. The molecule has 0 aliphatic carbocycles. The number of nitrogens with one attached hydrogen (secondary N) is 1. The van der Waals surface area contributed by atoms with Crippen molar-refractivity contribution in [2.75, 3.05) is 39.1 Å². The fourth-order valence-electron chi connectivity index (χ4n) is 2.78. The van der Waals surface area contributed by atoms with Crippen LogP contribution in [0.15, 0.2) is 24.3 Å². The van der Waals surface area contributed by atoms with Gasteiger partial charge in [-0.25, -0.2) is 13.1 Å². The van der Waals surface area contributed by atoms with Crippen molar-refractivity contribution in [2.24, 2.45) is 0 Å². The van der Waals surface area contributed by atoms with E-state index in [2.05, 4.69) is 4.72 Å². The normalized spacial score (nSPS) is 21.7. The summed E-state index contributed by atoms with van der Waals surface area (Å²) in [4.78, 5) is 13.8. The van der Waals surface area contributed by atoms with Crippen LogP contribution in [0.5, 0.6) is 0 Å². The van der Waals surface area contributed by atoms with Crippen LogP contribution in [0.4, 0.5) is 0 Å². The molecule has 1 atom stereocenters. The highest BCUT2D eigenvalue weighted by atomic mass is 32.2. The predicted octanol–water partition coefficient (Wildman–Crippen LogP) is -0.323. The van der Waals surface area contributed by atoms with Crippen molar-refractivity contribution in [3.63, 3.8) is 0 Å². The smallest absolute Gasteiger partial charge is 0.237 e. The molecular formula is C16H24N2O5S. The highest BCUT2D eigenvalue weighted by Crippen LogP contribution is 2.24. The second-order valence-electron chi connectivity index (χ2n) is 6.20. The van der Waals surface area contributed by atoms with Crippen LogP contribution >= 0.6 is 0 Å². The molecule has 7 nitrogen and oxygen atoms in total. The van der Waals surface area contributed by atoms with Crippen LogP contribution in [-0.4, -0.2) is 69.0 Å². The number of nitrogens with zero attached hydrogens (tertiary/aromatic N) is 1. The highest BCUT2D eigenvalue weighted by molar-refractivity contribution is 7.88. The van der Waals surface area contributed by atoms with Crippen LogP contribution < -0.4 is 4.72 Å². The zero-order chi connectivity index (χ0) is 17.8. The van der Waals surface area contributed by atoms with E-state index >= 15 is 0 Å². The van der Waals surface area contributed by atoms with Crippen molar-refractivity contribution >= 4 is 15.9 Å². The Balaban J connectivity index is 2.08. The van der Waals surface area contributed by atoms with Gasteiger partial charge >= 0.3 is 0 Å². The Morgan fingerprint density at radius 3 is 2.75 bits per heavy atom. The number of hydrogen-bond acceptors (Lipinski definition) is 5. The van der Waals surface area contributed by atoms with Crippen LogP contribution in [-0.2, 0) is 26.0 Å². The molecule has 2 N–H and O–H groups in total. The average molecular weight is 356 g/mol. The molecule has 1 saturated heterocycles. The van der Waals surface area contributed by atoms with E-state index < -0.39 is 15.6 Å². The number of carbonyl (C=O) groups is 1. The fourth-order valence-corrected chi connectivity index (χ4v) is 3.16. The van der Waals surface area contributed by atoms with Gasteiger partial charge in [-0.2, -0.15) is 0 Å². The van der Waals surface area contributed by atoms with Gasteiger partial charge in [-0.05, 0) is 18.1 Å². The number of hydrogen-bond donors (Lipinski definition) is 2. The molecule has 0 bridgehead atoms. The van der Waals surface area contributed by atoms with Crippen LogP contribution in [0.3, 0.4) is 0 Å². The van der Waals surface area contributed by atoms with E-state index in [0.29, 0.717) is 19.6 Å². The molecule has 134 valence electrons. The van der Waals surface area contributed by atoms with Gasteiger partial charge in [0, 0.05) is 13.0 Å². The van der Waals surface area contributed by atoms with Gasteiger partial charge in [0.05, 0.1) is 32.6 Å². The summed E-state index contributed by atoms with van der Waals surface area (Å²) in [5, 5.41) is 9.88. The molecule has 1 aliphatic rings. The van der Waals surface area contributed by atoms with Crippen molar-refractivity contribution in [1.29, 1.82) is 0 Å². The average Bonchev–Trinajstić information content (AvgIpc) is 2.54. The SMILES string of the molecule is Cc1ccccc1CC1(CO)CN(C(=O)CNS(C)(=O)=O)CCO1. The standard InChI is InChI=1S/C16H24N2O5S/c1-13-5-3-4-6-14(13)9-16(12-19)11-18(7-8-23-16)15(20)10-17-24(2,21)22/h3-6,17,19H,7-12H2,1-2H3. The van der Waals surface area contributed by atoms with E-state index in [1.807, 2.05) is 31.2 Å². The molecule has 1 heterocycles. The number of benzene rings is 1. The number of aryl methyl sites for hydroxylation is 1. The number of amides is 1. The third-order valence-corrected chi connectivity index (χ3v) is 4.82. The van der Waals surface area contributed by atoms with Gasteiger partial charge < -0.3 is 14.7 Å². The maximum absolute atomic E-state index is 12.2. The summed E-state index contributed by atoms with van der Waals surface area (Å²) in [6.07, 6.45) is 1.50. The van der Waals surface area contributed by atoms with Crippen molar-refractivity contribution < 1.29 is 23.1 Å². The third kappa shape index (κ3) is 5.01. The molecule has 1 aliphatic heterocycles. The van der Waals surface area contributed by atoms with E-state index in [1.54, 1.807) is 0 Å². The molecule has 24 heavy (non-hydrogen) atoms. The van der Waals surface area contributed by atoms with Gasteiger partial charge in [-0.3, -0.25) is 4.79 Å². The number of rotatable bonds is 6. The van der Waals surface area contributed by atoms with Crippen molar-refractivity contribution in [3.05, 3.63) is 35.4 Å². The summed E-state index contributed by atoms with van der Waals surface area (Å²) in [5.41, 5.74) is 1.27. The second-order valence-corrected chi connectivity index (χ2v) is 8.03. The first-order valence-electron chi connectivity index (χ1n) is 7.76. The van der Waals surface area contributed by atoms with Crippen LogP contribution in [0.25, 0.3) is 0 Å². The lowest BCUT2D eigenvalue weighted by Gasteiger charge is -2.42. The minimum atomic E-state index is -3.42. The number of sulfonamides is 1. The van der Waals surface area contributed by atoms with E-state index in [1.165, 1.54) is 4.90 Å². The largest absolute Gasteiger partial charge is 0.393 e. The Morgan fingerprint density at radius 2 is 2.12 bits per heavy atom. The molecule has 1 unspecified atom stereocenters. The van der Waals surface area contributed by atoms with Gasteiger partial charge in [0.1, 0.15) is 5.60 Å². The predicted molar refractivity (Wildman–Crippen MR) is 90.1 cm³/mol. The molecule has 0 aromatic heterocycles. The molecular weight excluding hydrogens is 332 g/mol. The molecule has 1 fully saturated rings. The minimum absolute atomic E-state index is 0.218. The molecule has 0 radical (unpaired) electrons. The number of morpholine rings is 1. The van der Waals surface area contributed by atoms with Gasteiger partial charge in [0.2, 0.25) is 15.9 Å². The Bertz CT molecular complexity index is 691. The van der Waals surface area contributed by atoms with Gasteiger partial charge in [-0.1, -0.05) is 24.3 Å². The van der Waals surface area contributed by atoms with Gasteiger partial charge in [-0.15, -0.1) is 0 Å². The highest BCUT2D eigenvalue weighted by Gasteiger charge is 2.38. The van der Waals surface area contributed by atoms with Crippen molar-refractivity contribution in [1.82, 2.24) is 9.62 Å². The zero-order valence-corrected chi connectivity index (χ0v) is 14.8. The van der Waals surface area contributed by atoms with Gasteiger partial charge in [0.15, 0.2) is 0 Å². The minimum Gasteiger partial charge on any atom is -0.393 e. The molecule has 0 saturated carbocycles. The molecule has 8 heteroatoms. The van der Waals surface area contributed by atoms with Crippen molar-refractivity contribution in [3.8, 4) is 0 Å². The van der Waals surface area contributed by atoms with E-state index in [9.17, 15) is 18.3 Å². The topological polar surface area (TPSA) is 95.9 Å². The second kappa shape index (κ2) is 7.60. The lowest BCUT2D eigenvalue weighted by Crippen LogP contribution is -2.58. The van der Waals surface area contributed by atoms with E-state index in [4.69, 9.17) is 4.74 Å². The van der Waals surface area contributed by atoms with Gasteiger partial charge in [0.25, 0.3) is 0 Å².